The van der Waals surface area contributed by atoms with Gasteiger partial charge in [0.25, 0.3) is 15.9 Å². The fraction of sp³-hybridized carbons (Fsp3) is 0.320. The molecule has 0 spiro atoms. The largest absolute Gasteiger partial charge is 0.573 e. The molecule has 1 saturated heterocycles. The Morgan fingerprint density at radius 1 is 1.17 bits per heavy atom. The van der Waals surface area contributed by atoms with Gasteiger partial charge in [0.05, 0.1) is 11.9 Å². The molecule has 1 fully saturated rings. The Hall–Kier alpha value is -3.33. The van der Waals surface area contributed by atoms with Crippen molar-refractivity contribution in [3.8, 4) is 5.75 Å². The van der Waals surface area contributed by atoms with Gasteiger partial charge >= 0.3 is 12.3 Å². The van der Waals surface area contributed by atoms with Crippen LogP contribution < -0.4 is 9.64 Å². The Kier molecular flexibility index (Phi) is 7.25. The van der Waals surface area contributed by atoms with Crippen LogP contribution in [0.5, 0.6) is 5.75 Å². The Morgan fingerprint density at radius 2 is 1.80 bits per heavy atom. The number of aliphatic carboxylic acids is 1. The van der Waals surface area contributed by atoms with E-state index in [2.05, 4.69) is 9.72 Å². The highest BCUT2D eigenvalue weighted by Crippen LogP contribution is 2.45. The molecule has 2 unspecified atom stereocenters. The molecule has 0 radical (unpaired) electrons. The summed E-state index contributed by atoms with van der Waals surface area (Å²) in [6.07, 6.45) is -3.58. The van der Waals surface area contributed by atoms with Gasteiger partial charge in [0, 0.05) is 23.0 Å². The van der Waals surface area contributed by atoms with Gasteiger partial charge in [-0.1, -0.05) is 35.3 Å². The minimum absolute atomic E-state index is 0.0429. The molecule has 2 aromatic carbocycles. The summed E-state index contributed by atoms with van der Waals surface area (Å²) in [4.78, 5) is 31.3. The van der Waals surface area contributed by atoms with E-state index < -0.39 is 50.6 Å². The summed E-state index contributed by atoms with van der Waals surface area (Å²) >= 11 is 12.3. The first-order valence-electron chi connectivity index (χ1n) is 12.1. The van der Waals surface area contributed by atoms with E-state index in [0.29, 0.717) is 12.0 Å². The van der Waals surface area contributed by atoms with Gasteiger partial charge in [-0.2, -0.15) is 4.31 Å². The van der Waals surface area contributed by atoms with Crippen molar-refractivity contribution in [2.24, 2.45) is 0 Å². The predicted octanol–water partition coefficient (Wildman–Crippen LogP) is 4.96. The maximum absolute atomic E-state index is 14.1. The average Bonchev–Trinajstić information content (AvgIpc) is 3.56. The summed E-state index contributed by atoms with van der Waals surface area (Å²) in [5.74, 6) is -2.48. The minimum Gasteiger partial charge on any atom is -0.480 e. The van der Waals surface area contributed by atoms with E-state index in [9.17, 15) is 36.3 Å². The first-order chi connectivity index (χ1) is 19.1. The molecule has 2 atom stereocenters. The molecule has 2 aliphatic rings. The second-order valence-corrected chi connectivity index (χ2v) is 12.5. The van der Waals surface area contributed by atoms with Gasteiger partial charge in [-0.15, -0.1) is 13.2 Å². The number of rotatable bonds is 7. The summed E-state index contributed by atoms with van der Waals surface area (Å²) in [5.41, 5.74) is -1.09. The SMILES string of the molecule is CC1(Cc2ccc(OC(F)(F)F)cc2)C(=O)N(c2cc(Cl)cc(Cl)c2)c2ncc(S(=O)(=O)N3CCCC3C(=O)O)n21. The quantitative estimate of drug-likeness (QED) is 0.390. The number of hydrogen-bond acceptors (Lipinski definition) is 6. The van der Waals surface area contributed by atoms with Crippen molar-refractivity contribution in [3.63, 3.8) is 0 Å². The summed E-state index contributed by atoms with van der Waals surface area (Å²) in [7, 11) is -4.47. The lowest BCUT2D eigenvalue weighted by atomic mass is 9.92. The normalized spacial score (nSPS) is 21.4. The molecule has 5 rings (SSSR count). The number of benzene rings is 2. The van der Waals surface area contributed by atoms with Gasteiger partial charge in [0.1, 0.15) is 17.3 Å². The highest BCUT2D eigenvalue weighted by atomic mass is 35.5. The Labute approximate surface area is 241 Å². The molecule has 3 heterocycles. The van der Waals surface area contributed by atoms with Crippen LogP contribution in [-0.4, -0.2) is 58.2 Å². The predicted molar refractivity (Wildman–Crippen MR) is 141 cm³/mol. The third kappa shape index (κ3) is 5.25. The molecule has 218 valence electrons. The fourth-order valence-electron chi connectivity index (χ4n) is 5.21. The van der Waals surface area contributed by atoms with Gasteiger partial charge in [-0.05, 0) is 55.7 Å². The van der Waals surface area contributed by atoms with Gasteiger partial charge < -0.3 is 9.84 Å². The van der Waals surface area contributed by atoms with Crippen LogP contribution in [0.3, 0.4) is 0 Å². The molecule has 2 aliphatic heterocycles. The van der Waals surface area contributed by atoms with E-state index in [1.807, 2.05) is 0 Å². The van der Waals surface area contributed by atoms with Crippen LogP contribution in [0.25, 0.3) is 0 Å². The fourth-order valence-corrected chi connectivity index (χ4v) is 7.57. The van der Waals surface area contributed by atoms with E-state index in [0.717, 1.165) is 27.5 Å². The summed E-state index contributed by atoms with van der Waals surface area (Å²) in [6.45, 7) is 1.42. The van der Waals surface area contributed by atoms with Crippen LogP contribution in [0.4, 0.5) is 24.8 Å². The van der Waals surface area contributed by atoms with Gasteiger partial charge in [0.15, 0.2) is 5.03 Å². The summed E-state index contributed by atoms with van der Waals surface area (Å²) < 4.78 is 71.6. The molecule has 1 amide bonds. The van der Waals surface area contributed by atoms with Gasteiger partial charge in [-0.25, -0.2) is 18.3 Å². The molecule has 3 aromatic rings. The number of sulfonamides is 1. The number of ether oxygens (including phenoxy) is 1. The first kappa shape index (κ1) is 29.2. The van der Waals surface area contributed by atoms with Crippen molar-refractivity contribution in [1.82, 2.24) is 13.9 Å². The number of nitrogens with zero attached hydrogens (tertiary/aromatic N) is 4. The lowest BCUT2D eigenvalue weighted by Crippen LogP contribution is -2.45. The molecule has 41 heavy (non-hydrogen) atoms. The molecule has 10 nitrogen and oxygen atoms in total. The number of anilines is 2. The Morgan fingerprint density at radius 3 is 2.39 bits per heavy atom. The number of alkyl halides is 3. The molecule has 0 aliphatic carbocycles. The Bertz CT molecular complexity index is 1630. The van der Waals surface area contributed by atoms with E-state index in [-0.39, 0.29) is 41.1 Å². The maximum Gasteiger partial charge on any atom is 0.573 e. The number of carbonyl (C=O) groups is 2. The third-order valence-electron chi connectivity index (χ3n) is 6.94. The smallest absolute Gasteiger partial charge is 0.480 e. The molecular weight excluding hydrogens is 612 g/mol. The number of aromatic nitrogens is 2. The van der Waals surface area contributed by atoms with E-state index in [1.54, 1.807) is 0 Å². The van der Waals surface area contributed by atoms with Crippen LogP contribution in [0.15, 0.2) is 53.7 Å². The average molecular weight is 633 g/mol. The van der Waals surface area contributed by atoms with E-state index in [4.69, 9.17) is 23.2 Å². The second-order valence-electron chi connectivity index (χ2n) is 9.75. The van der Waals surface area contributed by atoms with Crippen molar-refractivity contribution < 1.29 is 41.0 Å². The molecule has 0 saturated carbocycles. The van der Waals surface area contributed by atoms with E-state index in [1.165, 1.54) is 41.8 Å². The minimum atomic E-state index is -4.90. The van der Waals surface area contributed by atoms with Crippen molar-refractivity contribution >= 4 is 56.7 Å². The van der Waals surface area contributed by atoms with E-state index >= 15 is 0 Å². The molecular formula is C25H21Cl2F3N4O6S. The lowest BCUT2D eigenvalue weighted by Gasteiger charge is -2.28. The maximum atomic E-state index is 14.1. The number of halogens is 5. The molecule has 0 bridgehead atoms. The van der Waals surface area contributed by atoms with Crippen LogP contribution in [0.1, 0.15) is 25.3 Å². The number of fused-ring (bicyclic) bond motifs is 1. The van der Waals surface area contributed by atoms with Crippen molar-refractivity contribution in [2.45, 2.75) is 49.2 Å². The van der Waals surface area contributed by atoms with Crippen LogP contribution in [0, 0.1) is 0 Å². The van der Waals surface area contributed by atoms with Crippen molar-refractivity contribution in [3.05, 3.63) is 64.3 Å². The Balaban J connectivity index is 1.63. The first-order valence-corrected chi connectivity index (χ1v) is 14.3. The molecule has 16 heteroatoms. The zero-order valence-electron chi connectivity index (χ0n) is 21.1. The highest BCUT2D eigenvalue weighted by Gasteiger charge is 2.53. The zero-order chi connectivity index (χ0) is 29.9. The third-order valence-corrected chi connectivity index (χ3v) is 9.25. The van der Waals surface area contributed by atoms with Crippen molar-refractivity contribution in [2.75, 3.05) is 11.4 Å². The topological polar surface area (TPSA) is 122 Å². The van der Waals surface area contributed by atoms with Crippen LogP contribution in [0.2, 0.25) is 10.0 Å². The number of hydrogen-bond donors (Lipinski definition) is 1. The van der Waals surface area contributed by atoms with Crippen molar-refractivity contribution in [1.29, 1.82) is 0 Å². The number of carboxylic acids is 1. The monoisotopic (exact) mass is 632 g/mol. The standard InChI is InChI=1S/C25H21Cl2F3N4O6S/c1-24(12-14-4-6-18(7-5-14)40-25(28,29)30)22(37)33(17-10-15(26)9-16(27)11-17)23-31-13-20(34(23)24)41(38,39)32-8-2-3-19(32)21(35)36/h4-7,9-11,13,19H,2-3,8,12H2,1H3,(H,35,36). The van der Waals surface area contributed by atoms with Gasteiger partial charge in [-0.3, -0.25) is 14.2 Å². The number of amides is 1. The number of imidazole rings is 1. The van der Waals surface area contributed by atoms with Crippen LogP contribution >= 0.6 is 23.2 Å². The number of carbonyl (C=O) groups excluding carboxylic acids is 1. The van der Waals surface area contributed by atoms with Gasteiger partial charge in [0.2, 0.25) is 5.95 Å². The molecule has 1 N–H and O–H groups in total. The highest BCUT2D eigenvalue weighted by molar-refractivity contribution is 7.89. The molecule has 1 aromatic heterocycles. The number of carboxylic acid groups (broad SMARTS) is 1. The second kappa shape index (κ2) is 10.2. The summed E-state index contributed by atoms with van der Waals surface area (Å²) in [6, 6.07) is 7.83. The zero-order valence-corrected chi connectivity index (χ0v) is 23.4. The lowest BCUT2D eigenvalue weighted by molar-refractivity contribution is -0.274. The summed E-state index contributed by atoms with van der Waals surface area (Å²) in [5, 5.41) is 9.60. The van der Waals surface area contributed by atoms with Crippen LogP contribution in [-0.2, 0) is 31.6 Å².